The predicted octanol–water partition coefficient (Wildman–Crippen LogP) is 4.54. The number of halogens is 1. The molecule has 6 heteroatoms. The Kier molecular flexibility index (Phi) is 6.70. The molecule has 1 aliphatic rings. The van der Waals surface area contributed by atoms with Crippen LogP contribution in [0.5, 0.6) is 0 Å². The SMILES string of the molecule is COC(=O)/C=C(\c1ccc(Cl)cc1)C1CCN(C(=O)OC(C)(C)C)CC1. The molecule has 0 aliphatic carbocycles. The second-order valence-corrected chi connectivity index (χ2v) is 7.81. The van der Waals surface area contributed by atoms with Gasteiger partial charge in [0.25, 0.3) is 0 Å². The van der Waals surface area contributed by atoms with Crippen LogP contribution >= 0.6 is 11.6 Å². The van der Waals surface area contributed by atoms with Gasteiger partial charge >= 0.3 is 12.1 Å². The molecule has 5 nitrogen and oxygen atoms in total. The number of likely N-dealkylation sites (tertiary alicyclic amines) is 1. The van der Waals surface area contributed by atoms with Crippen LogP contribution in [0, 0.1) is 5.92 Å². The van der Waals surface area contributed by atoms with Crippen LogP contribution in [0.2, 0.25) is 5.02 Å². The fourth-order valence-corrected chi connectivity index (χ4v) is 3.09. The molecule has 1 heterocycles. The molecule has 142 valence electrons. The molecule has 1 saturated heterocycles. The topological polar surface area (TPSA) is 55.8 Å². The van der Waals surface area contributed by atoms with Crippen LogP contribution in [-0.2, 0) is 14.3 Å². The third kappa shape index (κ3) is 5.77. The minimum atomic E-state index is -0.507. The molecule has 0 bridgehead atoms. The highest BCUT2D eigenvalue weighted by atomic mass is 35.5. The maximum Gasteiger partial charge on any atom is 0.410 e. The average molecular weight is 380 g/mol. The van der Waals surface area contributed by atoms with Gasteiger partial charge in [0.15, 0.2) is 0 Å². The number of ether oxygens (including phenoxy) is 2. The quantitative estimate of drug-likeness (QED) is 0.571. The van der Waals surface area contributed by atoms with Crippen LogP contribution in [0.4, 0.5) is 4.79 Å². The highest BCUT2D eigenvalue weighted by Gasteiger charge is 2.29. The van der Waals surface area contributed by atoms with E-state index in [0.717, 1.165) is 24.0 Å². The largest absolute Gasteiger partial charge is 0.466 e. The van der Waals surface area contributed by atoms with E-state index in [-0.39, 0.29) is 18.0 Å². The lowest BCUT2D eigenvalue weighted by Gasteiger charge is -2.34. The highest BCUT2D eigenvalue weighted by molar-refractivity contribution is 6.30. The highest BCUT2D eigenvalue weighted by Crippen LogP contribution is 2.33. The van der Waals surface area contributed by atoms with E-state index in [2.05, 4.69) is 0 Å². The van der Waals surface area contributed by atoms with E-state index in [1.165, 1.54) is 13.2 Å². The van der Waals surface area contributed by atoms with Crippen molar-refractivity contribution in [2.75, 3.05) is 20.2 Å². The van der Waals surface area contributed by atoms with Crippen LogP contribution in [0.25, 0.3) is 5.57 Å². The number of rotatable bonds is 3. The monoisotopic (exact) mass is 379 g/mol. The van der Waals surface area contributed by atoms with Crippen molar-refractivity contribution >= 4 is 29.2 Å². The van der Waals surface area contributed by atoms with E-state index in [1.807, 2.05) is 32.9 Å². The Labute approximate surface area is 159 Å². The minimum absolute atomic E-state index is 0.161. The van der Waals surface area contributed by atoms with Crippen molar-refractivity contribution in [1.29, 1.82) is 0 Å². The van der Waals surface area contributed by atoms with Crippen molar-refractivity contribution in [2.45, 2.75) is 39.2 Å². The number of allylic oxidation sites excluding steroid dienone is 1. The molecule has 0 spiro atoms. The molecule has 0 unspecified atom stereocenters. The molecule has 0 radical (unpaired) electrons. The Morgan fingerprint density at radius 1 is 1.15 bits per heavy atom. The molecule has 2 rings (SSSR count). The van der Waals surface area contributed by atoms with Gasteiger partial charge in [0.05, 0.1) is 7.11 Å². The second kappa shape index (κ2) is 8.58. The zero-order chi connectivity index (χ0) is 19.3. The van der Waals surface area contributed by atoms with Crippen LogP contribution in [-0.4, -0.2) is 42.8 Å². The van der Waals surface area contributed by atoms with E-state index in [0.29, 0.717) is 18.1 Å². The van der Waals surface area contributed by atoms with Crippen LogP contribution < -0.4 is 0 Å². The van der Waals surface area contributed by atoms with Gasteiger partial charge in [-0.1, -0.05) is 23.7 Å². The molecule has 26 heavy (non-hydrogen) atoms. The summed E-state index contributed by atoms with van der Waals surface area (Å²) in [5.74, 6) is -0.224. The first-order chi connectivity index (χ1) is 12.2. The third-order valence-electron chi connectivity index (χ3n) is 4.24. The van der Waals surface area contributed by atoms with Crippen LogP contribution in [0.3, 0.4) is 0 Å². The Hall–Kier alpha value is -2.01. The molecule has 1 aromatic carbocycles. The Morgan fingerprint density at radius 2 is 1.73 bits per heavy atom. The van der Waals surface area contributed by atoms with Gasteiger partial charge in [-0.2, -0.15) is 0 Å². The zero-order valence-electron chi connectivity index (χ0n) is 15.8. The normalized spacial score (nSPS) is 16.3. The first-order valence-electron chi connectivity index (χ1n) is 8.73. The van der Waals surface area contributed by atoms with Crippen molar-refractivity contribution < 1.29 is 19.1 Å². The van der Waals surface area contributed by atoms with Gasteiger partial charge in [0.1, 0.15) is 5.60 Å². The molecule has 1 amide bonds. The number of nitrogens with zero attached hydrogens (tertiary/aromatic N) is 1. The van der Waals surface area contributed by atoms with Gasteiger partial charge in [-0.05, 0) is 62.8 Å². The summed E-state index contributed by atoms with van der Waals surface area (Å²) in [5, 5.41) is 0.644. The average Bonchev–Trinajstić information content (AvgIpc) is 2.59. The standard InChI is InChI=1S/C20H26ClNO4/c1-20(2,3)26-19(24)22-11-9-15(10-12-22)17(13-18(23)25-4)14-5-7-16(21)8-6-14/h5-8,13,15H,9-12H2,1-4H3/b17-13+. The van der Waals surface area contributed by atoms with Gasteiger partial charge in [-0.3, -0.25) is 0 Å². The van der Waals surface area contributed by atoms with Gasteiger partial charge in [-0.15, -0.1) is 0 Å². The number of benzene rings is 1. The molecular weight excluding hydrogens is 354 g/mol. The van der Waals surface area contributed by atoms with E-state index >= 15 is 0 Å². The lowest BCUT2D eigenvalue weighted by Crippen LogP contribution is -2.41. The third-order valence-corrected chi connectivity index (χ3v) is 4.49. The van der Waals surface area contributed by atoms with Gasteiger partial charge in [0.2, 0.25) is 0 Å². The molecule has 0 atom stereocenters. The zero-order valence-corrected chi connectivity index (χ0v) is 16.5. The summed E-state index contributed by atoms with van der Waals surface area (Å²) in [7, 11) is 1.36. The fraction of sp³-hybridized carbons (Fsp3) is 0.500. The predicted molar refractivity (Wildman–Crippen MR) is 102 cm³/mol. The van der Waals surface area contributed by atoms with Crippen molar-refractivity contribution in [3.8, 4) is 0 Å². The van der Waals surface area contributed by atoms with Crippen molar-refractivity contribution in [3.05, 3.63) is 40.9 Å². The summed E-state index contributed by atoms with van der Waals surface area (Å²) in [5.41, 5.74) is 1.35. The Bertz CT molecular complexity index is 668. The first kappa shape index (κ1) is 20.3. The summed E-state index contributed by atoms with van der Waals surface area (Å²) in [4.78, 5) is 25.8. The first-order valence-corrected chi connectivity index (χ1v) is 9.11. The minimum Gasteiger partial charge on any atom is -0.466 e. The summed E-state index contributed by atoms with van der Waals surface area (Å²) in [6, 6.07) is 7.41. The molecule has 1 aromatic rings. The van der Waals surface area contributed by atoms with E-state index in [1.54, 1.807) is 17.0 Å². The maximum absolute atomic E-state index is 12.2. The molecule has 1 aliphatic heterocycles. The van der Waals surface area contributed by atoms with Crippen LogP contribution in [0.15, 0.2) is 30.3 Å². The summed E-state index contributed by atoms with van der Waals surface area (Å²) in [6.45, 7) is 6.75. The second-order valence-electron chi connectivity index (χ2n) is 7.37. The van der Waals surface area contributed by atoms with Crippen molar-refractivity contribution in [1.82, 2.24) is 4.90 Å². The number of carbonyl (C=O) groups excluding carboxylic acids is 2. The molecule has 0 aromatic heterocycles. The van der Waals surface area contributed by atoms with Gasteiger partial charge in [0, 0.05) is 24.2 Å². The number of hydrogen-bond donors (Lipinski definition) is 0. The van der Waals surface area contributed by atoms with E-state index in [4.69, 9.17) is 21.1 Å². The number of hydrogen-bond acceptors (Lipinski definition) is 4. The number of piperidine rings is 1. The molecular formula is C20H26ClNO4. The van der Waals surface area contributed by atoms with Crippen molar-refractivity contribution in [3.63, 3.8) is 0 Å². The van der Waals surface area contributed by atoms with E-state index < -0.39 is 5.60 Å². The maximum atomic E-state index is 12.2. The Balaban J connectivity index is 2.11. The van der Waals surface area contributed by atoms with Gasteiger partial charge in [-0.25, -0.2) is 9.59 Å². The van der Waals surface area contributed by atoms with Crippen LogP contribution in [0.1, 0.15) is 39.2 Å². The lowest BCUT2D eigenvalue weighted by molar-refractivity contribution is -0.134. The Morgan fingerprint density at radius 3 is 2.23 bits per heavy atom. The van der Waals surface area contributed by atoms with E-state index in [9.17, 15) is 9.59 Å². The molecule has 0 N–H and O–H groups in total. The summed E-state index contributed by atoms with van der Waals surface area (Å²) < 4.78 is 10.2. The number of methoxy groups -OCH3 is 1. The van der Waals surface area contributed by atoms with Gasteiger partial charge < -0.3 is 14.4 Å². The summed E-state index contributed by atoms with van der Waals surface area (Å²) >= 11 is 5.97. The smallest absolute Gasteiger partial charge is 0.410 e. The number of esters is 1. The summed E-state index contributed by atoms with van der Waals surface area (Å²) in [6.07, 6.45) is 2.76. The number of carbonyl (C=O) groups is 2. The number of amides is 1. The molecule has 1 fully saturated rings. The fourth-order valence-electron chi connectivity index (χ4n) is 2.96. The molecule has 0 saturated carbocycles. The van der Waals surface area contributed by atoms with Crippen molar-refractivity contribution in [2.24, 2.45) is 5.92 Å². The lowest BCUT2D eigenvalue weighted by atomic mass is 9.85.